The van der Waals surface area contributed by atoms with Crippen LogP contribution in [0.1, 0.15) is 64.0 Å². The van der Waals surface area contributed by atoms with E-state index in [1.165, 1.54) is 43.4 Å². The monoisotopic (exact) mass is 260 g/mol. The van der Waals surface area contributed by atoms with E-state index in [0.717, 1.165) is 6.42 Å². The second-order valence-electron chi connectivity index (χ2n) is 6.30. The summed E-state index contributed by atoms with van der Waals surface area (Å²) in [7, 11) is 0. The van der Waals surface area contributed by atoms with Gasteiger partial charge in [-0.25, -0.2) is 0 Å². The SMILES string of the molecule is CC(C)CC(N)c1ccccc1NC1CCCCC1. The Morgan fingerprint density at radius 2 is 1.84 bits per heavy atom. The van der Waals surface area contributed by atoms with Crippen LogP contribution in [0.15, 0.2) is 24.3 Å². The van der Waals surface area contributed by atoms with Crippen LogP contribution < -0.4 is 11.1 Å². The van der Waals surface area contributed by atoms with Gasteiger partial charge in [-0.1, -0.05) is 51.3 Å². The van der Waals surface area contributed by atoms with Crippen LogP contribution in [0.25, 0.3) is 0 Å². The molecule has 2 rings (SSSR count). The van der Waals surface area contributed by atoms with Crippen LogP contribution in [0.5, 0.6) is 0 Å². The van der Waals surface area contributed by atoms with Gasteiger partial charge in [-0.15, -0.1) is 0 Å². The molecule has 1 aliphatic carbocycles. The first-order valence-corrected chi connectivity index (χ1v) is 7.78. The van der Waals surface area contributed by atoms with E-state index >= 15 is 0 Å². The van der Waals surface area contributed by atoms with E-state index in [0.29, 0.717) is 12.0 Å². The van der Waals surface area contributed by atoms with Gasteiger partial charge in [0.05, 0.1) is 0 Å². The zero-order valence-electron chi connectivity index (χ0n) is 12.4. The second kappa shape index (κ2) is 6.95. The normalized spacial score (nSPS) is 18.5. The molecular formula is C17H28N2. The van der Waals surface area contributed by atoms with Gasteiger partial charge in [-0.2, -0.15) is 0 Å². The van der Waals surface area contributed by atoms with Gasteiger partial charge in [0.15, 0.2) is 0 Å². The van der Waals surface area contributed by atoms with Crippen molar-refractivity contribution in [2.45, 2.75) is 64.5 Å². The Morgan fingerprint density at radius 1 is 1.16 bits per heavy atom. The quantitative estimate of drug-likeness (QED) is 0.819. The summed E-state index contributed by atoms with van der Waals surface area (Å²) in [6.07, 6.45) is 7.76. The minimum Gasteiger partial charge on any atom is -0.382 e. The molecule has 1 saturated carbocycles. The lowest BCUT2D eigenvalue weighted by molar-refractivity contribution is 0.461. The van der Waals surface area contributed by atoms with Gasteiger partial charge >= 0.3 is 0 Å². The van der Waals surface area contributed by atoms with E-state index in [9.17, 15) is 0 Å². The molecule has 1 aromatic carbocycles. The minimum atomic E-state index is 0.146. The molecule has 3 N–H and O–H groups in total. The number of anilines is 1. The summed E-state index contributed by atoms with van der Waals surface area (Å²) in [5, 5.41) is 3.72. The molecule has 0 spiro atoms. The lowest BCUT2D eigenvalue weighted by Gasteiger charge is -2.26. The number of nitrogens with one attached hydrogen (secondary N) is 1. The summed E-state index contributed by atoms with van der Waals surface area (Å²) in [5.41, 5.74) is 8.89. The fourth-order valence-electron chi connectivity index (χ4n) is 3.05. The summed E-state index contributed by atoms with van der Waals surface area (Å²) < 4.78 is 0. The number of rotatable bonds is 5. The molecule has 2 heteroatoms. The van der Waals surface area contributed by atoms with Crippen LogP contribution in [0.2, 0.25) is 0 Å². The van der Waals surface area contributed by atoms with Crippen LogP contribution >= 0.6 is 0 Å². The number of benzene rings is 1. The maximum Gasteiger partial charge on any atom is 0.0390 e. The van der Waals surface area contributed by atoms with Gasteiger partial charge in [0.25, 0.3) is 0 Å². The molecule has 1 fully saturated rings. The van der Waals surface area contributed by atoms with Crippen molar-refractivity contribution in [3.05, 3.63) is 29.8 Å². The summed E-state index contributed by atoms with van der Waals surface area (Å²) in [6, 6.07) is 9.36. The molecule has 0 aromatic heterocycles. The van der Waals surface area contributed by atoms with Crippen LogP contribution in [-0.2, 0) is 0 Å². The molecule has 0 heterocycles. The highest BCUT2D eigenvalue weighted by atomic mass is 14.9. The summed E-state index contributed by atoms with van der Waals surface area (Å²) >= 11 is 0. The Kier molecular flexibility index (Phi) is 5.26. The molecule has 0 amide bonds. The first-order valence-electron chi connectivity index (χ1n) is 7.78. The third-order valence-electron chi connectivity index (χ3n) is 4.05. The lowest BCUT2D eigenvalue weighted by Crippen LogP contribution is -2.24. The zero-order chi connectivity index (χ0) is 13.7. The summed E-state index contributed by atoms with van der Waals surface area (Å²) in [5.74, 6) is 0.637. The molecule has 19 heavy (non-hydrogen) atoms. The van der Waals surface area contributed by atoms with Crippen LogP contribution in [0.3, 0.4) is 0 Å². The van der Waals surface area contributed by atoms with Gasteiger partial charge < -0.3 is 11.1 Å². The number of hydrogen-bond donors (Lipinski definition) is 2. The van der Waals surface area contributed by atoms with Crippen molar-refractivity contribution in [3.63, 3.8) is 0 Å². The van der Waals surface area contributed by atoms with Gasteiger partial charge in [0.1, 0.15) is 0 Å². The number of hydrogen-bond acceptors (Lipinski definition) is 2. The molecule has 1 atom stereocenters. The number of para-hydroxylation sites is 1. The van der Waals surface area contributed by atoms with Crippen molar-refractivity contribution < 1.29 is 0 Å². The van der Waals surface area contributed by atoms with Gasteiger partial charge in [-0.05, 0) is 36.8 Å². The van der Waals surface area contributed by atoms with Crippen molar-refractivity contribution in [2.75, 3.05) is 5.32 Å². The highest BCUT2D eigenvalue weighted by Gasteiger charge is 2.17. The first-order chi connectivity index (χ1) is 9.16. The van der Waals surface area contributed by atoms with Gasteiger partial charge in [-0.3, -0.25) is 0 Å². The molecule has 2 nitrogen and oxygen atoms in total. The number of nitrogens with two attached hydrogens (primary N) is 1. The Bertz CT molecular complexity index is 381. The topological polar surface area (TPSA) is 38.0 Å². The molecule has 0 bridgehead atoms. The smallest absolute Gasteiger partial charge is 0.0390 e. The van der Waals surface area contributed by atoms with E-state index < -0.39 is 0 Å². The van der Waals surface area contributed by atoms with E-state index in [2.05, 4.69) is 43.4 Å². The molecular weight excluding hydrogens is 232 g/mol. The predicted octanol–water partition coefficient (Wildman–Crippen LogP) is 4.48. The molecule has 0 aliphatic heterocycles. The van der Waals surface area contributed by atoms with Crippen molar-refractivity contribution in [2.24, 2.45) is 11.7 Å². The third kappa shape index (κ3) is 4.24. The fraction of sp³-hybridized carbons (Fsp3) is 0.647. The lowest BCUT2D eigenvalue weighted by atomic mass is 9.93. The largest absolute Gasteiger partial charge is 0.382 e. The third-order valence-corrected chi connectivity index (χ3v) is 4.05. The fourth-order valence-corrected chi connectivity index (χ4v) is 3.05. The standard InChI is InChI=1S/C17H28N2/c1-13(2)12-16(18)15-10-6-7-11-17(15)19-14-8-4-3-5-9-14/h6-7,10-11,13-14,16,19H,3-5,8-9,12,18H2,1-2H3. The Morgan fingerprint density at radius 3 is 2.53 bits per heavy atom. The van der Waals surface area contributed by atoms with Crippen LogP contribution in [0, 0.1) is 5.92 Å². The first kappa shape index (κ1) is 14.4. The average molecular weight is 260 g/mol. The predicted molar refractivity (Wildman–Crippen MR) is 83.3 cm³/mol. The van der Waals surface area contributed by atoms with Gasteiger partial charge in [0.2, 0.25) is 0 Å². The molecule has 0 saturated heterocycles. The molecule has 1 aromatic rings. The van der Waals surface area contributed by atoms with Crippen LogP contribution in [-0.4, -0.2) is 6.04 Å². The van der Waals surface area contributed by atoms with E-state index in [1.54, 1.807) is 0 Å². The Hall–Kier alpha value is -1.02. The van der Waals surface area contributed by atoms with E-state index in [-0.39, 0.29) is 6.04 Å². The summed E-state index contributed by atoms with van der Waals surface area (Å²) in [6.45, 7) is 4.47. The van der Waals surface area contributed by atoms with Crippen molar-refractivity contribution in [1.82, 2.24) is 0 Å². The van der Waals surface area contributed by atoms with Crippen molar-refractivity contribution in [3.8, 4) is 0 Å². The second-order valence-corrected chi connectivity index (χ2v) is 6.30. The molecule has 1 aliphatic rings. The average Bonchev–Trinajstić information content (AvgIpc) is 2.39. The molecule has 106 valence electrons. The van der Waals surface area contributed by atoms with E-state index in [4.69, 9.17) is 5.73 Å². The molecule has 0 radical (unpaired) electrons. The van der Waals surface area contributed by atoms with Crippen molar-refractivity contribution in [1.29, 1.82) is 0 Å². The maximum absolute atomic E-state index is 6.36. The zero-order valence-corrected chi connectivity index (χ0v) is 12.4. The molecule has 1 unspecified atom stereocenters. The Labute approximate surface area is 117 Å². The van der Waals surface area contributed by atoms with Crippen LogP contribution in [0.4, 0.5) is 5.69 Å². The Balaban J connectivity index is 2.06. The van der Waals surface area contributed by atoms with E-state index in [1.807, 2.05) is 0 Å². The van der Waals surface area contributed by atoms with Gasteiger partial charge in [0, 0.05) is 17.8 Å². The maximum atomic E-state index is 6.36. The summed E-state index contributed by atoms with van der Waals surface area (Å²) in [4.78, 5) is 0. The highest BCUT2D eigenvalue weighted by molar-refractivity contribution is 5.53. The van der Waals surface area contributed by atoms with Crippen molar-refractivity contribution >= 4 is 5.69 Å². The highest BCUT2D eigenvalue weighted by Crippen LogP contribution is 2.28. The minimum absolute atomic E-state index is 0.146.